The largest absolute Gasteiger partial charge is 0.444 e. The van der Waals surface area contributed by atoms with Crippen LogP contribution in [0.1, 0.15) is 57.2 Å². The summed E-state index contributed by atoms with van der Waals surface area (Å²) in [7, 11) is 0. The summed E-state index contributed by atoms with van der Waals surface area (Å²) in [6.45, 7) is 7.56. The number of ether oxygens (including phenoxy) is 1. The molecule has 3 N–H and O–H groups in total. The van der Waals surface area contributed by atoms with Gasteiger partial charge in [0.15, 0.2) is 5.60 Å². The van der Waals surface area contributed by atoms with E-state index in [1.165, 1.54) is 11.8 Å². The predicted molar refractivity (Wildman–Crippen MR) is 137 cm³/mol. The molecule has 194 valence electrons. The van der Waals surface area contributed by atoms with Gasteiger partial charge in [-0.05, 0) is 69.4 Å². The number of carbonyl (C=O) groups excluding carboxylic acids is 3. The third kappa shape index (κ3) is 6.98. The molecule has 0 unspecified atom stereocenters. The first-order valence-corrected chi connectivity index (χ1v) is 12.4. The number of rotatable bonds is 7. The smallest absolute Gasteiger partial charge is 0.407 e. The number of aliphatic hydroxyl groups is 1. The molecule has 1 aliphatic rings. The molecule has 1 aliphatic heterocycles. The van der Waals surface area contributed by atoms with E-state index in [0.717, 1.165) is 11.1 Å². The van der Waals surface area contributed by atoms with Gasteiger partial charge in [-0.2, -0.15) is 0 Å². The first kappa shape index (κ1) is 27.5. The van der Waals surface area contributed by atoms with Crippen LogP contribution in [0.4, 0.5) is 4.79 Å². The van der Waals surface area contributed by atoms with Crippen molar-refractivity contribution in [1.82, 2.24) is 15.5 Å². The summed E-state index contributed by atoms with van der Waals surface area (Å²) < 4.78 is 5.28. The van der Waals surface area contributed by atoms with E-state index in [4.69, 9.17) is 16.3 Å². The molecule has 1 heterocycles. The monoisotopic (exact) mass is 515 g/mol. The zero-order valence-corrected chi connectivity index (χ0v) is 21.9. The fourth-order valence-corrected chi connectivity index (χ4v) is 4.36. The fourth-order valence-electron chi connectivity index (χ4n) is 4.16. The first-order valence-electron chi connectivity index (χ1n) is 12.0. The molecule has 1 saturated heterocycles. The predicted octanol–water partition coefficient (Wildman–Crippen LogP) is 3.88. The van der Waals surface area contributed by atoms with Gasteiger partial charge in [0.25, 0.3) is 5.91 Å². The van der Waals surface area contributed by atoms with Gasteiger partial charge in [0.05, 0.1) is 0 Å². The molecule has 2 aromatic rings. The molecular weight excluding hydrogens is 482 g/mol. The zero-order chi connectivity index (χ0) is 26.5. The summed E-state index contributed by atoms with van der Waals surface area (Å²) in [4.78, 5) is 39.8. The van der Waals surface area contributed by atoms with E-state index in [2.05, 4.69) is 10.6 Å². The number of amides is 3. The van der Waals surface area contributed by atoms with Gasteiger partial charge in [-0.1, -0.05) is 48.0 Å². The molecule has 3 rings (SSSR count). The van der Waals surface area contributed by atoms with Crippen molar-refractivity contribution in [3.63, 3.8) is 0 Å². The Hall–Kier alpha value is -3.10. The molecule has 9 heteroatoms. The van der Waals surface area contributed by atoms with Crippen LogP contribution in [-0.4, -0.2) is 46.1 Å². The molecule has 8 nitrogen and oxygen atoms in total. The molecule has 0 spiro atoms. The summed E-state index contributed by atoms with van der Waals surface area (Å²) in [5.74, 6) is -0.813. The number of alkyl carbamates (subject to hydrolysis) is 1. The lowest BCUT2D eigenvalue weighted by Gasteiger charge is -2.32. The summed E-state index contributed by atoms with van der Waals surface area (Å²) >= 11 is 6.18. The fraction of sp³-hybridized carbons (Fsp3) is 0.444. The van der Waals surface area contributed by atoms with Crippen molar-refractivity contribution in [3.8, 4) is 0 Å². The van der Waals surface area contributed by atoms with Crippen LogP contribution in [0.15, 0.2) is 48.5 Å². The molecule has 1 fully saturated rings. The van der Waals surface area contributed by atoms with E-state index < -0.39 is 29.2 Å². The number of carbonyl (C=O) groups is 3. The summed E-state index contributed by atoms with van der Waals surface area (Å²) in [6, 6.07) is 13.2. The van der Waals surface area contributed by atoms with E-state index in [1.54, 1.807) is 63.2 Å². The Morgan fingerprint density at radius 1 is 1.03 bits per heavy atom. The van der Waals surface area contributed by atoms with Gasteiger partial charge in [-0.3, -0.25) is 9.59 Å². The van der Waals surface area contributed by atoms with Crippen molar-refractivity contribution < 1.29 is 24.2 Å². The van der Waals surface area contributed by atoms with Gasteiger partial charge in [-0.25, -0.2) is 4.79 Å². The lowest BCUT2D eigenvalue weighted by Crippen LogP contribution is -2.52. The van der Waals surface area contributed by atoms with E-state index in [1.807, 2.05) is 6.07 Å². The Bertz CT molecular complexity index is 1100. The van der Waals surface area contributed by atoms with Gasteiger partial charge in [0, 0.05) is 24.7 Å². The molecule has 3 amide bonds. The quantitative estimate of drug-likeness (QED) is 0.518. The van der Waals surface area contributed by atoms with Crippen molar-refractivity contribution in [1.29, 1.82) is 0 Å². The lowest BCUT2D eigenvalue weighted by atomic mass is 9.94. The standard InChI is InChI=1S/C27H34ClN3O5/c1-26(2,3)36-25(34)30-16-18-12-13-21(28)15-19(18)17-29-23(32)22-11-8-14-31(22)24(33)27(4,35)20-9-6-5-7-10-20/h5-7,9-10,12-13,15,22,35H,8,11,14,16-17H2,1-4H3,(H,29,32)(H,30,34)/t22-,27-/m0/s1. The van der Waals surface area contributed by atoms with Crippen molar-refractivity contribution in [2.24, 2.45) is 0 Å². The molecule has 0 bridgehead atoms. The molecule has 2 atom stereocenters. The average molecular weight is 516 g/mol. The Kier molecular flexibility index (Phi) is 8.63. The molecule has 0 aromatic heterocycles. The first-order chi connectivity index (χ1) is 16.9. The Balaban J connectivity index is 1.66. The van der Waals surface area contributed by atoms with Crippen molar-refractivity contribution in [2.75, 3.05) is 6.54 Å². The van der Waals surface area contributed by atoms with Crippen LogP contribution < -0.4 is 10.6 Å². The Morgan fingerprint density at radius 3 is 2.36 bits per heavy atom. The van der Waals surface area contributed by atoms with Crippen molar-refractivity contribution >= 4 is 29.5 Å². The van der Waals surface area contributed by atoms with Crippen molar-refractivity contribution in [3.05, 3.63) is 70.2 Å². The van der Waals surface area contributed by atoms with E-state index in [-0.39, 0.29) is 19.0 Å². The number of halogens is 1. The van der Waals surface area contributed by atoms with Gasteiger partial charge in [0.1, 0.15) is 11.6 Å². The molecular formula is C27H34ClN3O5. The Labute approximate surface area is 217 Å². The minimum absolute atomic E-state index is 0.165. The molecule has 0 radical (unpaired) electrons. The summed E-state index contributed by atoms with van der Waals surface area (Å²) in [6.07, 6.45) is 0.625. The van der Waals surface area contributed by atoms with Crippen LogP contribution in [0.3, 0.4) is 0 Å². The Morgan fingerprint density at radius 2 is 1.69 bits per heavy atom. The maximum atomic E-state index is 13.2. The molecule has 0 saturated carbocycles. The van der Waals surface area contributed by atoms with Crippen LogP contribution in [0, 0.1) is 0 Å². The number of benzene rings is 2. The van der Waals surface area contributed by atoms with Crippen molar-refractivity contribution in [2.45, 2.75) is 70.9 Å². The summed E-state index contributed by atoms with van der Waals surface area (Å²) in [5, 5.41) is 17.1. The maximum Gasteiger partial charge on any atom is 0.407 e. The normalized spacial score (nSPS) is 17.3. The SMILES string of the molecule is CC(C)(C)OC(=O)NCc1ccc(Cl)cc1CNC(=O)[C@@H]1CCCN1C(=O)[C@@](C)(O)c1ccccc1. The zero-order valence-electron chi connectivity index (χ0n) is 21.1. The third-order valence-electron chi connectivity index (χ3n) is 6.01. The topological polar surface area (TPSA) is 108 Å². The van der Waals surface area contributed by atoms with Crippen LogP contribution >= 0.6 is 11.6 Å². The highest BCUT2D eigenvalue weighted by atomic mass is 35.5. The number of hydrogen-bond acceptors (Lipinski definition) is 5. The van der Waals surface area contributed by atoms with Crippen LogP contribution in [0.5, 0.6) is 0 Å². The van der Waals surface area contributed by atoms with Crippen LogP contribution in [0.25, 0.3) is 0 Å². The second kappa shape index (κ2) is 11.3. The van der Waals surface area contributed by atoms with Crippen LogP contribution in [-0.2, 0) is 33.0 Å². The number of nitrogens with zero attached hydrogens (tertiary/aromatic N) is 1. The third-order valence-corrected chi connectivity index (χ3v) is 6.25. The minimum atomic E-state index is -1.74. The average Bonchev–Trinajstić information content (AvgIpc) is 3.30. The lowest BCUT2D eigenvalue weighted by molar-refractivity contribution is -0.154. The van der Waals surface area contributed by atoms with E-state index in [9.17, 15) is 19.5 Å². The van der Waals surface area contributed by atoms with E-state index in [0.29, 0.717) is 30.0 Å². The number of likely N-dealkylation sites (tertiary alicyclic amines) is 1. The molecule has 36 heavy (non-hydrogen) atoms. The highest BCUT2D eigenvalue weighted by Gasteiger charge is 2.42. The highest BCUT2D eigenvalue weighted by Crippen LogP contribution is 2.28. The highest BCUT2D eigenvalue weighted by molar-refractivity contribution is 6.30. The summed E-state index contributed by atoms with van der Waals surface area (Å²) in [5.41, 5.74) is -0.369. The number of nitrogens with one attached hydrogen (secondary N) is 2. The second-order valence-electron chi connectivity index (χ2n) is 10.1. The minimum Gasteiger partial charge on any atom is -0.444 e. The van der Waals surface area contributed by atoms with E-state index >= 15 is 0 Å². The van der Waals surface area contributed by atoms with Crippen LogP contribution in [0.2, 0.25) is 5.02 Å². The molecule has 0 aliphatic carbocycles. The second-order valence-corrected chi connectivity index (χ2v) is 10.5. The van der Waals surface area contributed by atoms with Gasteiger partial charge < -0.3 is 25.4 Å². The maximum absolute atomic E-state index is 13.2. The molecule has 2 aromatic carbocycles. The number of hydrogen-bond donors (Lipinski definition) is 3. The van der Waals surface area contributed by atoms with Gasteiger partial charge in [-0.15, -0.1) is 0 Å². The van der Waals surface area contributed by atoms with Gasteiger partial charge in [0.2, 0.25) is 5.91 Å². The van der Waals surface area contributed by atoms with Gasteiger partial charge >= 0.3 is 6.09 Å².